The summed E-state index contributed by atoms with van der Waals surface area (Å²) in [6.45, 7) is 5.96. The lowest BCUT2D eigenvalue weighted by molar-refractivity contribution is 0.0828. The van der Waals surface area contributed by atoms with Crippen LogP contribution in [-0.2, 0) is 0 Å². The highest BCUT2D eigenvalue weighted by Gasteiger charge is 2.17. The van der Waals surface area contributed by atoms with Gasteiger partial charge in [0.25, 0.3) is 5.91 Å². The van der Waals surface area contributed by atoms with Crippen LogP contribution < -0.4 is 10.6 Å². The molecule has 1 aromatic rings. The minimum Gasteiger partial charge on any atom is -0.345 e. The summed E-state index contributed by atoms with van der Waals surface area (Å²) in [6.07, 6.45) is 0. The smallest absolute Gasteiger partial charge is 0.319 e. The molecule has 3 amide bonds. The molecule has 0 saturated carbocycles. The van der Waals surface area contributed by atoms with Crippen LogP contribution in [0.4, 0.5) is 10.5 Å². The first-order valence-corrected chi connectivity index (χ1v) is 7.19. The Labute approximate surface area is 130 Å². The van der Waals surface area contributed by atoms with Crippen molar-refractivity contribution in [2.45, 2.75) is 26.8 Å². The maximum Gasteiger partial charge on any atom is 0.319 e. The Balaban J connectivity index is 2.94. The molecule has 0 aliphatic heterocycles. The number of carbonyl (C=O) groups is 2. The van der Waals surface area contributed by atoms with E-state index >= 15 is 0 Å². The van der Waals surface area contributed by atoms with E-state index < -0.39 is 0 Å². The number of hydrogen-bond donors (Lipinski definition) is 2. The number of urea groups is 1. The van der Waals surface area contributed by atoms with Gasteiger partial charge in [-0.2, -0.15) is 0 Å². The Hall–Kier alpha value is -1.75. The van der Waals surface area contributed by atoms with Crippen molar-refractivity contribution in [1.82, 2.24) is 10.2 Å². The summed E-state index contributed by atoms with van der Waals surface area (Å²) < 4.78 is 0. The second kappa shape index (κ2) is 7.31. The zero-order valence-electron chi connectivity index (χ0n) is 13.0. The van der Waals surface area contributed by atoms with Crippen molar-refractivity contribution < 1.29 is 9.59 Å². The van der Waals surface area contributed by atoms with Crippen molar-refractivity contribution in [3.05, 3.63) is 28.8 Å². The van der Waals surface area contributed by atoms with Gasteiger partial charge in [0.1, 0.15) is 0 Å². The first kappa shape index (κ1) is 17.3. The molecular weight excluding hydrogens is 290 g/mol. The lowest BCUT2D eigenvalue weighted by atomic mass is 10.1. The monoisotopic (exact) mass is 311 g/mol. The van der Waals surface area contributed by atoms with Gasteiger partial charge >= 0.3 is 6.03 Å². The zero-order chi connectivity index (χ0) is 16.2. The highest BCUT2D eigenvalue weighted by molar-refractivity contribution is 6.31. The van der Waals surface area contributed by atoms with Gasteiger partial charge in [0, 0.05) is 25.2 Å². The minimum absolute atomic E-state index is 0.0252. The fourth-order valence-electron chi connectivity index (χ4n) is 1.58. The van der Waals surface area contributed by atoms with Crippen LogP contribution >= 0.6 is 11.6 Å². The molecule has 21 heavy (non-hydrogen) atoms. The van der Waals surface area contributed by atoms with Crippen LogP contribution in [0, 0.1) is 5.92 Å². The molecule has 2 N–H and O–H groups in total. The summed E-state index contributed by atoms with van der Waals surface area (Å²) in [5.41, 5.74) is 0.798. The second-order valence-corrected chi connectivity index (χ2v) is 5.96. The maximum absolute atomic E-state index is 12.1. The molecular formula is C15H22ClN3O2. The minimum atomic E-state index is -0.355. The number of rotatable bonds is 4. The van der Waals surface area contributed by atoms with Gasteiger partial charge in [0.15, 0.2) is 0 Å². The number of nitrogens with zero attached hydrogens (tertiary/aromatic N) is 1. The SMILES string of the molecule is CC(C)[C@@H](C)NC(=O)Nc1cc(Cl)ccc1C(=O)N(C)C. The Morgan fingerprint density at radius 3 is 2.33 bits per heavy atom. The molecule has 5 nitrogen and oxygen atoms in total. The highest BCUT2D eigenvalue weighted by Crippen LogP contribution is 2.22. The molecule has 6 heteroatoms. The fraction of sp³-hybridized carbons (Fsp3) is 0.467. The molecule has 1 atom stereocenters. The van der Waals surface area contributed by atoms with E-state index in [0.717, 1.165) is 0 Å². The van der Waals surface area contributed by atoms with Crippen molar-refractivity contribution in [3.8, 4) is 0 Å². The number of amides is 3. The van der Waals surface area contributed by atoms with Gasteiger partial charge < -0.3 is 15.5 Å². The Bertz CT molecular complexity index is 530. The first-order chi connectivity index (χ1) is 9.72. The van der Waals surface area contributed by atoms with E-state index in [1.165, 1.54) is 4.90 Å². The van der Waals surface area contributed by atoms with Gasteiger partial charge in [-0.3, -0.25) is 4.79 Å². The van der Waals surface area contributed by atoms with E-state index in [1.54, 1.807) is 32.3 Å². The number of anilines is 1. The zero-order valence-corrected chi connectivity index (χ0v) is 13.8. The maximum atomic E-state index is 12.1. The molecule has 0 saturated heterocycles. The third kappa shape index (κ3) is 4.93. The molecule has 0 aromatic heterocycles. The van der Waals surface area contributed by atoms with Crippen LogP contribution in [0.2, 0.25) is 5.02 Å². The second-order valence-electron chi connectivity index (χ2n) is 5.52. The van der Waals surface area contributed by atoms with Crippen LogP contribution in [0.25, 0.3) is 0 Å². The van der Waals surface area contributed by atoms with Crippen LogP contribution in [0.15, 0.2) is 18.2 Å². The van der Waals surface area contributed by atoms with E-state index in [4.69, 9.17) is 11.6 Å². The summed E-state index contributed by atoms with van der Waals surface area (Å²) in [4.78, 5) is 25.5. The molecule has 0 heterocycles. The molecule has 116 valence electrons. The average molecular weight is 312 g/mol. The number of carbonyl (C=O) groups excluding carboxylic acids is 2. The van der Waals surface area contributed by atoms with Crippen molar-refractivity contribution >= 4 is 29.2 Å². The average Bonchev–Trinajstić information content (AvgIpc) is 2.37. The van der Waals surface area contributed by atoms with E-state index in [0.29, 0.717) is 22.2 Å². The number of halogens is 1. The van der Waals surface area contributed by atoms with Gasteiger partial charge in [-0.15, -0.1) is 0 Å². The van der Waals surface area contributed by atoms with Gasteiger partial charge in [0.2, 0.25) is 0 Å². The first-order valence-electron chi connectivity index (χ1n) is 6.81. The molecule has 0 radical (unpaired) electrons. The molecule has 0 spiro atoms. The molecule has 0 aliphatic rings. The quantitative estimate of drug-likeness (QED) is 0.897. The standard InChI is InChI=1S/C15H22ClN3O2/c1-9(2)10(3)17-15(21)18-13-8-11(16)6-7-12(13)14(20)19(4)5/h6-10H,1-5H3,(H2,17,18,21)/t10-/m1/s1. The third-order valence-electron chi connectivity index (χ3n) is 3.23. The van der Waals surface area contributed by atoms with E-state index in [1.807, 2.05) is 20.8 Å². The normalized spacial score (nSPS) is 12.0. The van der Waals surface area contributed by atoms with Gasteiger partial charge in [-0.05, 0) is 31.0 Å². The predicted molar refractivity (Wildman–Crippen MR) is 85.9 cm³/mol. The molecule has 0 fully saturated rings. The lowest BCUT2D eigenvalue weighted by Gasteiger charge is -2.19. The predicted octanol–water partition coefficient (Wildman–Crippen LogP) is 3.21. The van der Waals surface area contributed by atoms with Crippen LogP contribution in [0.3, 0.4) is 0 Å². The summed E-state index contributed by atoms with van der Waals surface area (Å²) in [5.74, 6) is 0.122. The Kier molecular flexibility index (Phi) is 6.03. The molecule has 1 rings (SSSR count). The van der Waals surface area contributed by atoms with Crippen LogP contribution in [0.5, 0.6) is 0 Å². The van der Waals surface area contributed by atoms with Crippen molar-refractivity contribution in [2.24, 2.45) is 5.92 Å². The number of hydrogen-bond acceptors (Lipinski definition) is 2. The summed E-state index contributed by atoms with van der Waals surface area (Å²) in [5, 5.41) is 5.97. The highest BCUT2D eigenvalue weighted by atomic mass is 35.5. The van der Waals surface area contributed by atoms with E-state index in [-0.39, 0.29) is 18.0 Å². The van der Waals surface area contributed by atoms with Gasteiger partial charge in [0.05, 0.1) is 11.3 Å². The molecule has 0 aliphatic carbocycles. The number of benzene rings is 1. The van der Waals surface area contributed by atoms with E-state index in [9.17, 15) is 9.59 Å². The summed E-state index contributed by atoms with van der Waals surface area (Å²) >= 11 is 5.94. The van der Waals surface area contributed by atoms with Gasteiger partial charge in [-0.25, -0.2) is 4.79 Å². The lowest BCUT2D eigenvalue weighted by Crippen LogP contribution is -2.39. The van der Waals surface area contributed by atoms with Crippen LogP contribution in [0.1, 0.15) is 31.1 Å². The molecule has 0 bridgehead atoms. The third-order valence-corrected chi connectivity index (χ3v) is 3.46. The molecule has 0 unspecified atom stereocenters. The number of nitrogens with one attached hydrogen (secondary N) is 2. The van der Waals surface area contributed by atoms with Crippen LogP contribution in [-0.4, -0.2) is 37.0 Å². The Morgan fingerprint density at radius 2 is 1.81 bits per heavy atom. The largest absolute Gasteiger partial charge is 0.345 e. The Morgan fingerprint density at radius 1 is 1.19 bits per heavy atom. The van der Waals surface area contributed by atoms with Crippen molar-refractivity contribution in [3.63, 3.8) is 0 Å². The fourth-order valence-corrected chi connectivity index (χ4v) is 1.75. The van der Waals surface area contributed by atoms with E-state index in [2.05, 4.69) is 10.6 Å². The van der Waals surface area contributed by atoms with Gasteiger partial charge in [-0.1, -0.05) is 25.4 Å². The molecule has 1 aromatic carbocycles. The van der Waals surface area contributed by atoms with Crippen molar-refractivity contribution in [1.29, 1.82) is 0 Å². The van der Waals surface area contributed by atoms with Crippen molar-refractivity contribution in [2.75, 3.05) is 19.4 Å². The topological polar surface area (TPSA) is 61.4 Å². The summed E-state index contributed by atoms with van der Waals surface area (Å²) in [6, 6.07) is 4.46. The summed E-state index contributed by atoms with van der Waals surface area (Å²) in [7, 11) is 3.31.